The molecule has 0 atom stereocenters. The van der Waals surface area contributed by atoms with Crippen molar-refractivity contribution in [3.63, 3.8) is 0 Å². The summed E-state index contributed by atoms with van der Waals surface area (Å²) in [5.74, 6) is -0.399. The number of piperidine rings is 1. The number of para-hydroxylation sites is 1. The summed E-state index contributed by atoms with van der Waals surface area (Å²) in [5.41, 5.74) is 3.67. The summed E-state index contributed by atoms with van der Waals surface area (Å²) >= 11 is 0. The average molecular weight is 505 g/mol. The fourth-order valence-electron chi connectivity index (χ4n) is 5.37. The number of rotatable bonds is 6. The molecule has 1 fully saturated rings. The van der Waals surface area contributed by atoms with E-state index >= 15 is 0 Å². The highest BCUT2D eigenvalue weighted by molar-refractivity contribution is 6.39. The highest BCUT2D eigenvalue weighted by Crippen LogP contribution is 2.37. The molecular formula is C28H32N4O5. The van der Waals surface area contributed by atoms with Crippen LogP contribution in [0.4, 0.5) is 11.4 Å². The van der Waals surface area contributed by atoms with Gasteiger partial charge in [0.1, 0.15) is 5.75 Å². The summed E-state index contributed by atoms with van der Waals surface area (Å²) in [4.78, 5) is 53.3. The van der Waals surface area contributed by atoms with E-state index in [1.165, 1.54) is 0 Å². The summed E-state index contributed by atoms with van der Waals surface area (Å²) in [6.45, 7) is 2.33. The minimum absolute atomic E-state index is 0.00430. The molecule has 3 heterocycles. The van der Waals surface area contributed by atoms with Crippen molar-refractivity contribution in [2.45, 2.75) is 38.5 Å². The number of likely N-dealkylation sites (tertiary alicyclic amines) is 1. The molecule has 2 aromatic rings. The lowest BCUT2D eigenvalue weighted by molar-refractivity contribution is -0.136. The Morgan fingerprint density at radius 1 is 0.919 bits per heavy atom. The minimum atomic E-state index is -0.697. The van der Waals surface area contributed by atoms with Crippen molar-refractivity contribution >= 4 is 35.0 Å². The maximum Gasteiger partial charge on any atom is 0.313 e. The van der Waals surface area contributed by atoms with Gasteiger partial charge in [0.15, 0.2) is 6.61 Å². The normalized spacial score (nSPS) is 17.1. The van der Waals surface area contributed by atoms with Crippen molar-refractivity contribution in [3.8, 4) is 5.75 Å². The van der Waals surface area contributed by atoms with Crippen LogP contribution in [0.3, 0.4) is 0 Å². The van der Waals surface area contributed by atoms with Gasteiger partial charge in [-0.25, -0.2) is 0 Å². The Bertz CT molecular complexity index is 1170. The number of hydrogen-bond acceptors (Lipinski definition) is 5. The SMILES string of the molecule is O=C(NCC1CCN(C(=O)COc2ccccc2)CC1)C(=O)Nc1cc2c3c(c1)CCC(=O)N3CCC2. The summed E-state index contributed by atoms with van der Waals surface area (Å²) in [6, 6.07) is 13.0. The Morgan fingerprint density at radius 3 is 2.41 bits per heavy atom. The highest BCUT2D eigenvalue weighted by atomic mass is 16.5. The van der Waals surface area contributed by atoms with Crippen LogP contribution in [-0.4, -0.2) is 61.3 Å². The van der Waals surface area contributed by atoms with Crippen molar-refractivity contribution in [2.24, 2.45) is 5.92 Å². The van der Waals surface area contributed by atoms with E-state index in [0.717, 1.165) is 49.0 Å². The third kappa shape index (κ3) is 5.76. The predicted octanol–water partition coefficient (Wildman–Crippen LogP) is 2.28. The van der Waals surface area contributed by atoms with E-state index in [1.807, 2.05) is 47.4 Å². The van der Waals surface area contributed by atoms with Gasteiger partial charge in [-0.15, -0.1) is 0 Å². The van der Waals surface area contributed by atoms with Crippen LogP contribution in [0.5, 0.6) is 5.75 Å². The van der Waals surface area contributed by atoms with Gasteiger partial charge in [0.2, 0.25) is 5.91 Å². The van der Waals surface area contributed by atoms with Gasteiger partial charge in [0, 0.05) is 38.3 Å². The number of carbonyl (C=O) groups is 4. The van der Waals surface area contributed by atoms with Crippen LogP contribution < -0.4 is 20.3 Å². The van der Waals surface area contributed by atoms with Gasteiger partial charge in [0.25, 0.3) is 5.91 Å². The Balaban J connectivity index is 1.07. The number of aryl methyl sites for hydroxylation is 2. The first-order valence-corrected chi connectivity index (χ1v) is 13.0. The lowest BCUT2D eigenvalue weighted by Gasteiger charge is -2.35. The molecule has 3 aliphatic rings. The molecule has 5 rings (SSSR count). The molecule has 2 N–H and O–H groups in total. The van der Waals surface area contributed by atoms with Gasteiger partial charge in [-0.3, -0.25) is 19.2 Å². The van der Waals surface area contributed by atoms with E-state index in [9.17, 15) is 19.2 Å². The number of ether oxygens (including phenoxy) is 1. The molecule has 194 valence electrons. The Morgan fingerprint density at radius 2 is 1.65 bits per heavy atom. The quantitative estimate of drug-likeness (QED) is 0.587. The second-order valence-electron chi connectivity index (χ2n) is 9.88. The Hall–Kier alpha value is -3.88. The van der Waals surface area contributed by atoms with Crippen LogP contribution in [0.15, 0.2) is 42.5 Å². The Kier molecular flexibility index (Phi) is 7.39. The van der Waals surface area contributed by atoms with E-state index < -0.39 is 11.8 Å². The fraction of sp³-hybridized carbons (Fsp3) is 0.429. The van der Waals surface area contributed by atoms with Crippen molar-refractivity contribution in [3.05, 3.63) is 53.6 Å². The van der Waals surface area contributed by atoms with Crippen LogP contribution in [0.2, 0.25) is 0 Å². The highest BCUT2D eigenvalue weighted by Gasteiger charge is 2.30. The van der Waals surface area contributed by atoms with Crippen molar-refractivity contribution in [1.29, 1.82) is 0 Å². The predicted molar refractivity (Wildman–Crippen MR) is 138 cm³/mol. The average Bonchev–Trinajstić information content (AvgIpc) is 2.93. The van der Waals surface area contributed by atoms with Gasteiger partial charge in [0.05, 0.1) is 5.69 Å². The van der Waals surface area contributed by atoms with E-state index in [1.54, 1.807) is 4.90 Å². The second-order valence-corrected chi connectivity index (χ2v) is 9.88. The van der Waals surface area contributed by atoms with E-state index in [2.05, 4.69) is 10.6 Å². The number of amides is 4. The molecule has 4 amide bonds. The lowest BCUT2D eigenvalue weighted by atomic mass is 9.91. The van der Waals surface area contributed by atoms with E-state index in [0.29, 0.717) is 43.9 Å². The molecule has 9 heteroatoms. The smallest absolute Gasteiger partial charge is 0.313 e. The molecule has 0 spiro atoms. The largest absolute Gasteiger partial charge is 0.484 e. The zero-order chi connectivity index (χ0) is 25.8. The molecule has 3 aliphatic heterocycles. The van der Waals surface area contributed by atoms with E-state index in [-0.39, 0.29) is 24.3 Å². The minimum Gasteiger partial charge on any atom is -0.484 e. The third-order valence-corrected chi connectivity index (χ3v) is 7.36. The van der Waals surface area contributed by atoms with Gasteiger partial charge in [-0.05, 0) is 73.4 Å². The van der Waals surface area contributed by atoms with Gasteiger partial charge >= 0.3 is 11.8 Å². The first kappa shape index (κ1) is 24.8. The molecule has 0 aliphatic carbocycles. The maximum atomic E-state index is 12.6. The molecular weight excluding hydrogens is 472 g/mol. The number of anilines is 2. The van der Waals surface area contributed by atoms with Crippen LogP contribution in [-0.2, 0) is 32.0 Å². The van der Waals surface area contributed by atoms with Crippen LogP contribution in [0.1, 0.15) is 36.8 Å². The summed E-state index contributed by atoms with van der Waals surface area (Å²) < 4.78 is 5.55. The second kappa shape index (κ2) is 11.0. The van der Waals surface area contributed by atoms with Crippen molar-refractivity contribution in [1.82, 2.24) is 10.2 Å². The number of carbonyl (C=O) groups excluding carboxylic acids is 4. The number of nitrogens with one attached hydrogen (secondary N) is 2. The van der Waals surface area contributed by atoms with Gasteiger partial charge < -0.3 is 25.2 Å². The standard InChI is InChI=1S/C28H32N4O5/c33-24-9-8-21-16-22(15-20-5-4-12-32(24)26(20)21)30-28(36)27(35)29-17-19-10-13-31(14-11-19)25(34)18-37-23-6-2-1-3-7-23/h1-3,6-7,15-16,19H,4-5,8-14,17-18H2,(H,29,35)(H,30,36). The maximum absolute atomic E-state index is 12.6. The number of hydrogen-bond donors (Lipinski definition) is 2. The molecule has 0 unspecified atom stereocenters. The molecule has 2 aromatic carbocycles. The van der Waals surface area contributed by atoms with Crippen LogP contribution in [0.25, 0.3) is 0 Å². The molecule has 9 nitrogen and oxygen atoms in total. The first-order valence-electron chi connectivity index (χ1n) is 13.0. The summed E-state index contributed by atoms with van der Waals surface area (Å²) in [6.07, 6.45) is 4.36. The van der Waals surface area contributed by atoms with Crippen LogP contribution >= 0.6 is 0 Å². The fourth-order valence-corrected chi connectivity index (χ4v) is 5.37. The van der Waals surface area contributed by atoms with Gasteiger partial charge in [-0.1, -0.05) is 18.2 Å². The molecule has 0 radical (unpaired) electrons. The lowest BCUT2D eigenvalue weighted by Crippen LogP contribution is -2.44. The molecule has 37 heavy (non-hydrogen) atoms. The van der Waals surface area contributed by atoms with E-state index in [4.69, 9.17) is 4.74 Å². The zero-order valence-corrected chi connectivity index (χ0v) is 20.8. The number of nitrogens with zero attached hydrogens (tertiary/aromatic N) is 2. The third-order valence-electron chi connectivity index (χ3n) is 7.36. The van der Waals surface area contributed by atoms with Crippen molar-refractivity contribution < 1.29 is 23.9 Å². The molecule has 0 bridgehead atoms. The molecule has 0 aromatic heterocycles. The summed E-state index contributed by atoms with van der Waals surface area (Å²) in [7, 11) is 0. The molecule has 1 saturated heterocycles. The topological polar surface area (TPSA) is 108 Å². The first-order chi connectivity index (χ1) is 18.0. The summed E-state index contributed by atoms with van der Waals surface area (Å²) in [5, 5.41) is 5.48. The Labute approximate surface area is 216 Å². The van der Waals surface area contributed by atoms with Crippen LogP contribution in [0, 0.1) is 5.92 Å². The number of benzene rings is 2. The zero-order valence-electron chi connectivity index (χ0n) is 20.8. The van der Waals surface area contributed by atoms with Gasteiger partial charge in [-0.2, -0.15) is 0 Å². The molecule has 0 saturated carbocycles. The monoisotopic (exact) mass is 504 g/mol. The van der Waals surface area contributed by atoms with Crippen molar-refractivity contribution in [2.75, 3.05) is 43.0 Å².